The van der Waals surface area contributed by atoms with Crippen LogP contribution in [-0.4, -0.2) is 11.4 Å². The van der Waals surface area contributed by atoms with Crippen LogP contribution in [0.25, 0.3) is 0 Å². The van der Waals surface area contributed by atoms with Crippen molar-refractivity contribution in [2.45, 2.75) is 6.92 Å². The summed E-state index contributed by atoms with van der Waals surface area (Å²) in [5.74, 6) is 0. The molecule has 0 saturated heterocycles. The molecule has 1 N–H and O–H groups in total. The molecular formula is C4H7NO. The second-order valence-electron chi connectivity index (χ2n) is 0.790. The SMILES string of the molecule is C/C=C\C=NO. The smallest absolute Gasteiger partial charge is 0.0658 e. The van der Waals surface area contributed by atoms with E-state index in [1.54, 1.807) is 12.2 Å². The van der Waals surface area contributed by atoms with Crippen LogP contribution in [0.15, 0.2) is 17.3 Å². The van der Waals surface area contributed by atoms with Crippen molar-refractivity contribution in [1.29, 1.82) is 0 Å². The molecule has 0 aromatic rings. The van der Waals surface area contributed by atoms with Crippen LogP contribution in [0, 0.1) is 0 Å². The summed E-state index contributed by atoms with van der Waals surface area (Å²) in [4.78, 5) is 0. The van der Waals surface area contributed by atoms with E-state index in [0.717, 1.165) is 0 Å². The molecule has 0 fully saturated rings. The largest absolute Gasteiger partial charge is 0.411 e. The van der Waals surface area contributed by atoms with Crippen LogP contribution in [0.1, 0.15) is 6.92 Å². The molecule has 0 amide bonds. The van der Waals surface area contributed by atoms with Gasteiger partial charge in [-0.25, -0.2) is 0 Å². The minimum Gasteiger partial charge on any atom is -0.411 e. The highest BCUT2D eigenvalue weighted by Crippen LogP contribution is 1.60. The maximum absolute atomic E-state index is 7.72. The zero-order chi connectivity index (χ0) is 4.83. The Labute approximate surface area is 36.8 Å². The number of rotatable bonds is 1. The topological polar surface area (TPSA) is 32.6 Å². The van der Waals surface area contributed by atoms with Crippen LogP contribution >= 0.6 is 0 Å². The fraction of sp³-hybridized carbons (Fsp3) is 0.250. The van der Waals surface area contributed by atoms with Crippen molar-refractivity contribution in [3.05, 3.63) is 12.2 Å². The van der Waals surface area contributed by atoms with Crippen molar-refractivity contribution in [3.63, 3.8) is 0 Å². The summed E-state index contributed by atoms with van der Waals surface area (Å²) in [5.41, 5.74) is 0. The molecule has 0 aliphatic carbocycles. The maximum atomic E-state index is 7.72. The lowest BCUT2D eigenvalue weighted by atomic mass is 10.6. The van der Waals surface area contributed by atoms with E-state index in [2.05, 4.69) is 5.16 Å². The Morgan fingerprint density at radius 2 is 2.33 bits per heavy atom. The zero-order valence-electron chi connectivity index (χ0n) is 3.63. The number of hydrogen-bond donors (Lipinski definition) is 1. The molecule has 0 saturated carbocycles. The molecule has 0 rings (SSSR count). The summed E-state index contributed by atoms with van der Waals surface area (Å²) >= 11 is 0. The molecule has 0 aliphatic heterocycles. The van der Waals surface area contributed by atoms with E-state index in [0.29, 0.717) is 0 Å². The minimum atomic E-state index is 1.31. The Morgan fingerprint density at radius 1 is 1.67 bits per heavy atom. The fourth-order valence-electron chi connectivity index (χ4n) is 0.125. The van der Waals surface area contributed by atoms with Crippen molar-refractivity contribution in [2.75, 3.05) is 0 Å². The van der Waals surface area contributed by atoms with Gasteiger partial charge in [0.15, 0.2) is 0 Å². The van der Waals surface area contributed by atoms with Crippen LogP contribution < -0.4 is 0 Å². The highest BCUT2D eigenvalue weighted by molar-refractivity contribution is 5.69. The van der Waals surface area contributed by atoms with Gasteiger partial charge in [0.1, 0.15) is 0 Å². The number of nitrogens with zero attached hydrogens (tertiary/aromatic N) is 1. The fourth-order valence-corrected chi connectivity index (χ4v) is 0.125. The molecule has 6 heavy (non-hydrogen) atoms. The second-order valence-corrected chi connectivity index (χ2v) is 0.790. The Morgan fingerprint density at radius 3 is 2.50 bits per heavy atom. The summed E-state index contributed by atoms with van der Waals surface area (Å²) < 4.78 is 0. The summed E-state index contributed by atoms with van der Waals surface area (Å²) in [5, 5.41) is 10.4. The van der Waals surface area contributed by atoms with Gasteiger partial charge in [-0.3, -0.25) is 0 Å². The van der Waals surface area contributed by atoms with Crippen LogP contribution in [0.5, 0.6) is 0 Å². The molecule has 0 aromatic heterocycles. The van der Waals surface area contributed by atoms with Crippen molar-refractivity contribution < 1.29 is 5.21 Å². The van der Waals surface area contributed by atoms with E-state index in [4.69, 9.17) is 5.21 Å². The Hall–Kier alpha value is -0.790. The molecule has 0 heterocycles. The van der Waals surface area contributed by atoms with Crippen LogP contribution in [-0.2, 0) is 0 Å². The zero-order valence-corrected chi connectivity index (χ0v) is 3.63. The van der Waals surface area contributed by atoms with Gasteiger partial charge in [-0.1, -0.05) is 11.2 Å². The van der Waals surface area contributed by atoms with Gasteiger partial charge in [0.05, 0.1) is 6.21 Å². The van der Waals surface area contributed by atoms with Crippen molar-refractivity contribution in [3.8, 4) is 0 Å². The molecule has 0 unspecified atom stereocenters. The predicted octanol–water partition coefficient (Wildman–Crippen LogP) is 1.02. The first kappa shape index (κ1) is 5.21. The molecular weight excluding hydrogens is 78.0 g/mol. The minimum absolute atomic E-state index is 1.31. The third-order valence-electron chi connectivity index (χ3n) is 0.345. The molecule has 0 aliphatic rings. The van der Waals surface area contributed by atoms with Crippen molar-refractivity contribution >= 4 is 6.21 Å². The van der Waals surface area contributed by atoms with E-state index < -0.39 is 0 Å². The molecule has 2 heteroatoms. The molecule has 0 radical (unpaired) electrons. The number of hydrogen-bond acceptors (Lipinski definition) is 2. The average Bonchev–Trinajstić information content (AvgIpc) is 1.61. The highest BCUT2D eigenvalue weighted by Gasteiger charge is 1.51. The highest BCUT2D eigenvalue weighted by atomic mass is 16.4. The quantitative estimate of drug-likeness (QED) is 0.288. The predicted molar refractivity (Wildman–Crippen MR) is 25.1 cm³/mol. The van der Waals surface area contributed by atoms with Gasteiger partial charge in [-0.15, -0.1) is 0 Å². The van der Waals surface area contributed by atoms with E-state index >= 15 is 0 Å². The van der Waals surface area contributed by atoms with Crippen molar-refractivity contribution in [1.82, 2.24) is 0 Å². The third-order valence-corrected chi connectivity index (χ3v) is 0.345. The lowest BCUT2D eigenvalue weighted by Gasteiger charge is -1.62. The van der Waals surface area contributed by atoms with Gasteiger partial charge in [0.25, 0.3) is 0 Å². The van der Waals surface area contributed by atoms with E-state index in [-0.39, 0.29) is 0 Å². The van der Waals surface area contributed by atoms with E-state index in [1.807, 2.05) is 6.92 Å². The van der Waals surface area contributed by atoms with Gasteiger partial charge in [-0.05, 0) is 13.0 Å². The van der Waals surface area contributed by atoms with Crippen LogP contribution in [0.4, 0.5) is 0 Å². The van der Waals surface area contributed by atoms with Gasteiger partial charge in [0, 0.05) is 0 Å². The third kappa shape index (κ3) is 3.21. The summed E-state index contributed by atoms with van der Waals surface area (Å²) in [6, 6.07) is 0. The first-order valence-electron chi connectivity index (χ1n) is 1.70. The summed E-state index contributed by atoms with van der Waals surface area (Å²) in [6.45, 7) is 1.85. The van der Waals surface area contributed by atoms with Gasteiger partial charge < -0.3 is 5.21 Å². The number of oxime groups is 1. The lowest BCUT2D eigenvalue weighted by Crippen LogP contribution is -1.57. The van der Waals surface area contributed by atoms with Crippen LogP contribution in [0.2, 0.25) is 0 Å². The summed E-state index contributed by atoms with van der Waals surface area (Å²) in [6.07, 6.45) is 4.72. The van der Waals surface area contributed by atoms with Crippen LogP contribution in [0.3, 0.4) is 0 Å². The lowest BCUT2D eigenvalue weighted by molar-refractivity contribution is 0.322. The Kier molecular flexibility index (Phi) is 3.66. The average molecular weight is 85.1 g/mol. The monoisotopic (exact) mass is 85.1 g/mol. The summed E-state index contributed by atoms with van der Waals surface area (Å²) in [7, 11) is 0. The van der Waals surface area contributed by atoms with Gasteiger partial charge in [-0.2, -0.15) is 0 Å². The molecule has 2 nitrogen and oxygen atoms in total. The van der Waals surface area contributed by atoms with E-state index in [9.17, 15) is 0 Å². The first-order chi connectivity index (χ1) is 2.91. The number of allylic oxidation sites excluding steroid dienone is 2. The second kappa shape index (κ2) is 4.21. The standard InChI is InChI=1S/C4H7NO/c1-2-3-4-5-6/h2-4,6H,1H3/b3-2-,5-4?. The van der Waals surface area contributed by atoms with Gasteiger partial charge in [0.2, 0.25) is 0 Å². The molecule has 0 atom stereocenters. The first-order valence-corrected chi connectivity index (χ1v) is 1.70. The Bertz CT molecular complexity index is 55.9. The molecule has 0 aromatic carbocycles. The van der Waals surface area contributed by atoms with Crippen molar-refractivity contribution in [2.24, 2.45) is 5.16 Å². The van der Waals surface area contributed by atoms with Gasteiger partial charge >= 0.3 is 0 Å². The molecule has 0 bridgehead atoms. The molecule has 34 valence electrons. The maximum Gasteiger partial charge on any atom is 0.0658 e. The van der Waals surface area contributed by atoms with E-state index in [1.165, 1.54) is 6.21 Å². The molecule has 0 spiro atoms. The normalized spacial score (nSPS) is 11.5. The Balaban J connectivity index is 3.07.